The smallest absolute Gasteiger partial charge is 0.286 e. The summed E-state index contributed by atoms with van der Waals surface area (Å²) in [4.78, 5) is 25.0. The molecule has 9 nitrogen and oxygen atoms in total. The van der Waals surface area contributed by atoms with Crippen molar-refractivity contribution in [2.45, 2.75) is 19.4 Å². The Morgan fingerprint density at radius 1 is 1.24 bits per heavy atom. The molecule has 1 aromatic carbocycles. The lowest BCUT2D eigenvalue weighted by atomic mass is 10.1. The number of ether oxygens (including phenoxy) is 2. The van der Waals surface area contributed by atoms with Gasteiger partial charge in [-0.2, -0.15) is 0 Å². The van der Waals surface area contributed by atoms with Gasteiger partial charge in [-0.3, -0.25) is 14.9 Å². The first-order chi connectivity index (χ1) is 11.7. The van der Waals surface area contributed by atoms with E-state index in [0.717, 1.165) is 6.07 Å². The quantitative estimate of drug-likeness (QED) is 0.577. The van der Waals surface area contributed by atoms with Crippen molar-refractivity contribution in [3.63, 3.8) is 0 Å². The monoisotopic (exact) mass is 372 g/mol. The number of carbonyl (C=O) groups excluding carboxylic acids is 1. The summed E-state index contributed by atoms with van der Waals surface area (Å²) in [5.41, 5.74) is -0.573. The van der Waals surface area contributed by atoms with Crippen molar-refractivity contribution >= 4 is 21.4 Å². The summed E-state index contributed by atoms with van der Waals surface area (Å²) in [6.07, 6.45) is 0.287. The van der Waals surface area contributed by atoms with Gasteiger partial charge in [-0.25, -0.2) is 8.42 Å². The average Bonchev–Trinajstić information content (AvgIpc) is 2.71. The van der Waals surface area contributed by atoms with E-state index in [-0.39, 0.29) is 47.6 Å². The van der Waals surface area contributed by atoms with Crippen molar-refractivity contribution < 1.29 is 27.6 Å². The lowest BCUT2D eigenvalue weighted by Gasteiger charge is -2.26. The molecule has 1 amide bonds. The Morgan fingerprint density at radius 3 is 2.40 bits per heavy atom. The van der Waals surface area contributed by atoms with Crippen molar-refractivity contribution in [2.24, 2.45) is 0 Å². The van der Waals surface area contributed by atoms with Gasteiger partial charge >= 0.3 is 0 Å². The van der Waals surface area contributed by atoms with E-state index in [1.165, 1.54) is 25.2 Å². The van der Waals surface area contributed by atoms with E-state index in [0.29, 0.717) is 0 Å². The van der Waals surface area contributed by atoms with Gasteiger partial charge in [-0.05, 0) is 13.3 Å². The third-order valence-corrected chi connectivity index (χ3v) is 5.87. The SMILES string of the molecule is COc1cc(C(=O)N2CCS(=O)(=O)CCC2C)c([N+](=O)[O-])cc1OC. The number of amides is 1. The summed E-state index contributed by atoms with van der Waals surface area (Å²) >= 11 is 0. The average molecular weight is 372 g/mol. The first-order valence-corrected chi connectivity index (χ1v) is 9.44. The zero-order valence-electron chi connectivity index (χ0n) is 14.2. The molecule has 1 saturated heterocycles. The number of carbonyl (C=O) groups is 1. The lowest BCUT2D eigenvalue weighted by Crippen LogP contribution is -2.39. The predicted octanol–water partition coefficient (Wildman–Crippen LogP) is 1.26. The van der Waals surface area contributed by atoms with Gasteiger partial charge in [0.1, 0.15) is 5.56 Å². The Kier molecular flexibility index (Phi) is 5.51. The molecule has 1 fully saturated rings. The second-order valence-corrected chi connectivity index (χ2v) is 8.07. The van der Waals surface area contributed by atoms with Crippen LogP contribution < -0.4 is 9.47 Å². The van der Waals surface area contributed by atoms with Crippen LogP contribution in [0.1, 0.15) is 23.7 Å². The Balaban J connectivity index is 2.48. The first kappa shape index (κ1) is 19.0. The van der Waals surface area contributed by atoms with Crippen LogP contribution in [-0.2, 0) is 9.84 Å². The molecule has 0 bridgehead atoms. The Morgan fingerprint density at radius 2 is 1.84 bits per heavy atom. The molecule has 25 heavy (non-hydrogen) atoms. The summed E-state index contributed by atoms with van der Waals surface area (Å²) in [6, 6.07) is 2.04. The van der Waals surface area contributed by atoms with Crippen molar-refractivity contribution in [1.29, 1.82) is 0 Å². The van der Waals surface area contributed by atoms with E-state index in [1.54, 1.807) is 6.92 Å². The number of hydrogen-bond acceptors (Lipinski definition) is 7. The highest BCUT2D eigenvalue weighted by atomic mass is 32.2. The third kappa shape index (κ3) is 4.01. The van der Waals surface area contributed by atoms with E-state index in [2.05, 4.69) is 0 Å². The normalized spacial score (nSPS) is 19.8. The van der Waals surface area contributed by atoms with E-state index in [4.69, 9.17) is 9.47 Å². The van der Waals surface area contributed by atoms with Crippen LogP contribution in [-0.4, -0.2) is 62.5 Å². The fourth-order valence-corrected chi connectivity index (χ4v) is 4.09. The van der Waals surface area contributed by atoms with Crippen LogP contribution in [0.25, 0.3) is 0 Å². The predicted molar refractivity (Wildman–Crippen MR) is 90.0 cm³/mol. The molecule has 138 valence electrons. The van der Waals surface area contributed by atoms with Gasteiger partial charge in [0.15, 0.2) is 21.3 Å². The van der Waals surface area contributed by atoms with Gasteiger partial charge in [-0.15, -0.1) is 0 Å². The van der Waals surface area contributed by atoms with Crippen LogP contribution in [0.15, 0.2) is 12.1 Å². The topological polar surface area (TPSA) is 116 Å². The highest BCUT2D eigenvalue weighted by molar-refractivity contribution is 7.91. The molecule has 0 spiro atoms. The maximum Gasteiger partial charge on any atom is 0.286 e. The molecule has 1 unspecified atom stereocenters. The minimum Gasteiger partial charge on any atom is -0.493 e. The van der Waals surface area contributed by atoms with E-state index >= 15 is 0 Å². The number of benzene rings is 1. The van der Waals surface area contributed by atoms with E-state index in [9.17, 15) is 23.3 Å². The molecule has 0 N–H and O–H groups in total. The van der Waals surface area contributed by atoms with Gasteiger partial charge in [-0.1, -0.05) is 0 Å². The highest BCUT2D eigenvalue weighted by Crippen LogP contribution is 2.35. The fraction of sp³-hybridized carbons (Fsp3) is 0.533. The molecule has 1 atom stereocenters. The number of nitro benzene ring substituents is 1. The molecule has 1 aliphatic heterocycles. The van der Waals surface area contributed by atoms with Gasteiger partial charge in [0.2, 0.25) is 0 Å². The van der Waals surface area contributed by atoms with Crippen LogP contribution >= 0.6 is 0 Å². The Hall–Kier alpha value is -2.36. The van der Waals surface area contributed by atoms with Crippen molar-refractivity contribution in [1.82, 2.24) is 4.90 Å². The molecule has 0 aliphatic carbocycles. The lowest BCUT2D eigenvalue weighted by molar-refractivity contribution is -0.385. The zero-order chi connectivity index (χ0) is 18.8. The molecule has 0 saturated carbocycles. The number of hydrogen-bond donors (Lipinski definition) is 0. The van der Waals surface area contributed by atoms with Crippen LogP contribution in [0.3, 0.4) is 0 Å². The summed E-state index contributed by atoms with van der Waals surface area (Å²) in [5.74, 6) is -0.447. The Labute approximate surface area is 145 Å². The summed E-state index contributed by atoms with van der Waals surface area (Å²) in [5, 5.41) is 11.4. The maximum absolute atomic E-state index is 12.9. The van der Waals surface area contributed by atoms with Crippen molar-refractivity contribution in [2.75, 3.05) is 32.3 Å². The molecule has 2 rings (SSSR count). The fourth-order valence-electron chi connectivity index (χ4n) is 2.71. The van der Waals surface area contributed by atoms with E-state index < -0.39 is 26.4 Å². The van der Waals surface area contributed by atoms with Gasteiger partial charge in [0, 0.05) is 18.7 Å². The van der Waals surface area contributed by atoms with Gasteiger partial charge in [0.05, 0.1) is 36.7 Å². The second-order valence-electron chi connectivity index (χ2n) is 5.77. The molecule has 1 heterocycles. The number of nitrogens with zero attached hydrogens (tertiary/aromatic N) is 2. The molecular formula is C15H20N2O7S. The van der Waals surface area contributed by atoms with E-state index in [1.807, 2.05) is 0 Å². The van der Waals surface area contributed by atoms with Gasteiger partial charge < -0.3 is 14.4 Å². The minimum atomic E-state index is -3.22. The second kappa shape index (κ2) is 7.26. The molecule has 1 aromatic rings. The standard InChI is InChI=1S/C15H20N2O7S/c1-10-4-6-25(21,22)7-5-16(10)15(18)11-8-13(23-2)14(24-3)9-12(11)17(19)20/h8-10H,4-7H2,1-3H3. The van der Waals surface area contributed by atoms with Crippen LogP contribution in [0.2, 0.25) is 0 Å². The number of rotatable bonds is 4. The highest BCUT2D eigenvalue weighted by Gasteiger charge is 2.33. The molecule has 10 heteroatoms. The maximum atomic E-state index is 12.9. The third-order valence-electron chi connectivity index (χ3n) is 4.21. The van der Waals surface area contributed by atoms with Crippen molar-refractivity contribution in [3.8, 4) is 11.5 Å². The van der Waals surface area contributed by atoms with Crippen LogP contribution in [0.5, 0.6) is 11.5 Å². The number of methoxy groups -OCH3 is 2. The largest absolute Gasteiger partial charge is 0.493 e. The number of nitro groups is 1. The number of sulfone groups is 1. The molecule has 0 aromatic heterocycles. The van der Waals surface area contributed by atoms with Crippen LogP contribution in [0, 0.1) is 10.1 Å². The Bertz CT molecular complexity index is 791. The zero-order valence-corrected chi connectivity index (χ0v) is 15.0. The minimum absolute atomic E-state index is 0.00612. The first-order valence-electron chi connectivity index (χ1n) is 7.62. The summed E-state index contributed by atoms with van der Waals surface area (Å²) < 4.78 is 33.8. The summed E-state index contributed by atoms with van der Waals surface area (Å²) in [6.45, 7) is 1.72. The van der Waals surface area contributed by atoms with Gasteiger partial charge in [0.25, 0.3) is 11.6 Å². The molecule has 0 radical (unpaired) electrons. The molecular weight excluding hydrogens is 352 g/mol. The molecule has 1 aliphatic rings. The van der Waals surface area contributed by atoms with Crippen molar-refractivity contribution in [3.05, 3.63) is 27.8 Å². The summed E-state index contributed by atoms with van der Waals surface area (Å²) in [7, 11) is -0.525. The van der Waals surface area contributed by atoms with Crippen LogP contribution in [0.4, 0.5) is 5.69 Å².